The molecule has 1 aromatic carbocycles. The molecule has 27 heavy (non-hydrogen) atoms. The fraction of sp³-hybridized carbons (Fsp3) is 0.739. The van der Waals surface area contributed by atoms with Crippen molar-refractivity contribution in [3.63, 3.8) is 0 Å². The zero-order valence-corrected chi connectivity index (χ0v) is 18.9. The summed E-state index contributed by atoms with van der Waals surface area (Å²) in [5.41, 5.74) is 1.02. The SMILES string of the molecule is CCCCC(CC)COP(=O)(Cc1ccccc1)OCC(CC)CCCC. The molecule has 0 aliphatic carbocycles. The number of hydrogen-bond donors (Lipinski definition) is 0. The first-order valence-electron chi connectivity index (χ1n) is 11.0. The van der Waals surface area contributed by atoms with Crippen molar-refractivity contribution in [2.75, 3.05) is 13.2 Å². The molecule has 0 bridgehead atoms. The second-order valence-electron chi connectivity index (χ2n) is 7.68. The van der Waals surface area contributed by atoms with Crippen LogP contribution < -0.4 is 0 Å². The van der Waals surface area contributed by atoms with Crippen LogP contribution in [0.25, 0.3) is 0 Å². The van der Waals surface area contributed by atoms with Gasteiger partial charge in [0, 0.05) is 0 Å². The lowest BCUT2D eigenvalue weighted by molar-refractivity contribution is 0.150. The fourth-order valence-electron chi connectivity index (χ4n) is 3.17. The molecule has 2 atom stereocenters. The zero-order chi connectivity index (χ0) is 20.0. The van der Waals surface area contributed by atoms with Gasteiger partial charge in [-0.3, -0.25) is 4.57 Å². The number of rotatable bonds is 16. The monoisotopic (exact) mass is 396 g/mol. The van der Waals surface area contributed by atoms with E-state index in [0.717, 1.165) is 31.2 Å². The Labute approximate surface area is 167 Å². The molecule has 2 unspecified atom stereocenters. The topological polar surface area (TPSA) is 35.5 Å². The van der Waals surface area contributed by atoms with Crippen LogP contribution in [0.3, 0.4) is 0 Å². The molecule has 0 spiro atoms. The van der Waals surface area contributed by atoms with E-state index in [1.54, 1.807) is 0 Å². The van der Waals surface area contributed by atoms with Crippen molar-refractivity contribution in [1.82, 2.24) is 0 Å². The number of unbranched alkanes of at least 4 members (excludes halogenated alkanes) is 2. The van der Waals surface area contributed by atoms with E-state index in [0.29, 0.717) is 31.2 Å². The Morgan fingerprint density at radius 1 is 0.815 bits per heavy atom. The Kier molecular flexibility index (Phi) is 13.0. The van der Waals surface area contributed by atoms with Crippen LogP contribution in [0.2, 0.25) is 0 Å². The van der Waals surface area contributed by atoms with Crippen LogP contribution in [0.15, 0.2) is 30.3 Å². The minimum atomic E-state index is -3.14. The van der Waals surface area contributed by atoms with Gasteiger partial charge in [-0.1, -0.05) is 96.6 Å². The second kappa shape index (κ2) is 14.4. The summed E-state index contributed by atoms with van der Waals surface area (Å²) in [6.45, 7) is 9.85. The highest BCUT2D eigenvalue weighted by Gasteiger charge is 2.27. The quantitative estimate of drug-likeness (QED) is 0.267. The van der Waals surface area contributed by atoms with E-state index in [1.165, 1.54) is 25.7 Å². The highest BCUT2D eigenvalue weighted by Crippen LogP contribution is 2.52. The van der Waals surface area contributed by atoms with Gasteiger partial charge in [0.25, 0.3) is 0 Å². The van der Waals surface area contributed by atoms with Gasteiger partial charge in [-0.05, 0) is 30.2 Å². The largest absolute Gasteiger partial charge is 0.335 e. The van der Waals surface area contributed by atoms with Gasteiger partial charge in [-0.15, -0.1) is 0 Å². The lowest BCUT2D eigenvalue weighted by Crippen LogP contribution is -2.13. The smallest absolute Gasteiger partial charge is 0.308 e. The Balaban J connectivity index is 2.74. The van der Waals surface area contributed by atoms with Gasteiger partial charge in [-0.2, -0.15) is 0 Å². The van der Waals surface area contributed by atoms with E-state index in [1.807, 2.05) is 30.3 Å². The maximum absolute atomic E-state index is 13.5. The molecule has 0 saturated carbocycles. The van der Waals surface area contributed by atoms with Crippen molar-refractivity contribution in [2.45, 2.75) is 85.2 Å². The molecule has 3 nitrogen and oxygen atoms in total. The molecule has 0 radical (unpaired) electrons. The molecular weight excluding hydrogens is 355 g/mol. The summed E-state index contributed by atoms with van der Waals surface area (Å²) in [5, 5.41) is 0. The first-order chi connectivity index (χ1) is 13.1. The van der Waals surface area contributed by atoms with E-state index in [-0.39, 0.29) is 0 Å². The molecule has 1 rings (SSSR count). The molecule has 0 saturated heterocycles. The zero-order valence-electron chi connectivity index (χ0n) is 18.0. The first kappa shape index (κ1) is 24.4. The maximum atomic E-state index is 13.5. The van der Waals surface area contributed by atoms with Crippen molar-refractivity contribution in [3.05, 3.63) is 35.9 Å². The molecule has 0 aliphatic rings. The average Bonchev–Trinajstić information content (AvgIpc) is 2.69. The van der Waals surface area contributed by atoms with Crippen molar-refractivity contribution < 1.29 is 13.6 Å². The van der Waals surface area contributed by atoms with Crippen molar-refractivity contribution >= 4 is 7.60 Å². The van der Waals surface area contributed by atoms with Crippen LogP contribution in [-0.2, 0) is 19.8 Å². The third-order valence-corrected chi connectivity index (χ3v) is 7.16. The third-order valence-electron chi connectivity index (χ3n) is 5.32. The standard InChI is InChI=1S/C23H41O3P/c1-5-9-14-21(7-3)18-25-27(24,20-23-16-12-11-13-17-23)26-19-22(8-4)15-10-6-2/h11-13,16-17,21-22H,5-10,14-15,18-20H2,1-4H3. The van der Waals surface area contributed by atoms with E-state index in [4.69, 9.17) is 9.05 Å². The van der Waals surface area contributed by atoms with E-state index in [9.17, 15) is 4.57 Å². The molecule has 0 N–H and O–H groups in total. The molecule has 4 heteroatoms. The van der Waals surface area contributed by atoms with E-state index < -0.39 is 7.60 Å². The van der Waals surface area contributed by atoms with Crippen molar-refractivity contribution in [1.29, 1.82) is 0 Å². The average molecular weight is 397 g/mol. The summed E-state index contributed by atoms with van der Waals surface area (Å²) in [6, 6.07) is 9.94. The summed E-state index contributed by atoms with van der Waals surface area (Å²) >= 11 is 0. The lowest BCUT2D eigenvalue weighted by atomic mass is 10.0. The van der Waals surface area contributed by atoms with Crippen LogP contribution >= 0.6 is 7.60 Å². The Hall–Kier alpha value is -0.630. The van der Waals surface area contributed by atoms with Crippen LogP contribution in [0.4, 0.5) is 0 Å². The maximum Gasteiger partial charge on any atom is 0.335 e. The van der Waals surface area contributed by atoms with Crippen molar-refractivity contribution in [2.24, 2.45) is 11.8 Å². The lowest BCUT2D eigenvalue weighted by Gasteiger charge is -2.24. The Morgan fingerprint density at radius 2 is 1.30 bits per heavy atom. The number of hydrogen-bond acceptors (Lipinski definition) is 3. The third kappa shape index (κ3) is 10.5. The molecular formula is C23H41O3P. The molecule has 156 valence electrons. The Morgan fingerprint density at radius 3 is 1.70 bits per heavy atom. The van der Waals surface area contributed by atoms with Gasteiger partial charge in [-0.25, -0.2) is 0 Å². The van der Waals surface area contributed by atoms with Crippen LogP contribution in [0, 0.1) is 11.8 Å². The van der Waals surface area contributed by atoms with Gasteiger partial charge < -0.3 is 9.05 Å². The predicted octanol–water partition coefficient (Wildman–Crippen LogP) is 7.85. The molecule has 0 fully saturated rings. The van der Waals surface area contributed by atoms with Gasteiger partial charge in [0.1, 0.15) is 0 Å². The number of benzene rings is 1. The first-order valence-corrected chi connectivity index (χ1v) is 12.7. The molecule has 0 aliphatic heterocycles. The summed E-state index contributed by atoms with van der Waals surface area (Å²) in [6.07, 6.45) is 9.50. The van der Waals surface area contributed by atoms with E-state index in [2.05, 4.69) is 27.7 Å². The summed E-state index contributed by atoms with van der Waals surface area (Å²) in [5.74, 6) is 0.916. The molecule has 0 heterocycles. The van der Waals surface area contributed by atoms with E-state index >= 15 is 0 Å². The minimum Gasteiger partial charge on any atom is -0.308 e. The van der Waals surface area contributed by atoms with Gasteiger partial charge in [0.15, 0.2) is 0 Å². The van der Waals surface area contributed by atoms with Crippen molar-refractivity contribution in [3.8, 4) is 0 Å². The molecule has 1 aromatic rings. The van der Waals surface area contributed by atoms with Gasteiger partial charge in [0.05, 0.1) is 19.4 Å². The van der Waals surface area contributed by atoms with Crippen LogP contribution in [0.5, 0.6) is 0 Å². The highest BCUT2D eigenvalue weighted by molar-refractivity contribution is 7.53. The Bertz CT molecular complexity index is 494. The highest BCUT2D eigenvalue weighted by atomic mass is 31.2. The second-order valence-corrected chi connectivity index (χ2v) is 9.73. The van der Waals surface area contributed by atoms with Crippen LogP contribution in [-0.4, -0.2) is 13.2 Å². The summed E-state index contributed by atoms with van der Waals surface area (Å²) in [4.78, 5) is 0. The van der Waals surface area contributed by atoms with Crippen LogP contribution in [0.1, 0.15) is 84.6 Å². The van der Waals surface area contributed by atoms with Gasteiger partial charge >= 0.3 is 7.60 Å². The predicted molar refractivity (Wildman–Crippen MR) is 116 cm³/mol. The van der Waals surface area contributed by atoms with Gasteiger partial charge in [0.2, 0.25) is 0 Å². The molecule has 0 aromatic heterocycles. The fourth-order valence-corrected chi connectivity index (χ4v) is 4.96. The summed E-state index contributed by atoms with van der Waals surface area (Å²) < 4.78 is 25.6. The molecule has 0 amide bonds. The summed E-state index contributed by atoms with van der Waals surface area (Å²) in [7, 11) is -3.14. The normalized spacial score (nSPS) is 16.0. The minimum absolute atomic E-state index is 0.363.